The van der Waals surface area contributed by atoms with Gasteiger partial charge in [-0.1, -0.05) is 13.0 Å². The second-order valence-electron chi connectivity index (χ2n) is 7.41. The lowest BCUT2D eigenvalue weighted by atomic mass is 9.89. The summed E-state index contributed by atoms with van der Waals surface area (Å²) < 4.78 is 0. The van der Waals surface area contributed by atoms with Crippen LogP contribution in [0.3, 0.4) is 0 Å². The topological polar surface area (TPSA) is 53.5 Å². The van der Waals surface area contributed by atoms with Crippen LogP contribution in [0.1, 0.15) is 44.6 Å². The van der Waals surface area contributed by atoms with Crippen molar-refractivity contribution in [3.8, 4) is 0 Å². The molecular formula is C20H29N3O2. The van der Waals surface area contributed by atoms with Crippen LogP contribution in [-0.2, 0) is 16.0 Å². The average Bonchev–Trinajstić information content (AvgIpc) is 2.65. The Labute approximate surface area is 150 Å². The molecule has 25 heavy (non-hydrogen) atoms. The minimum Gasteiger partial charge on any atom is -0.342 e. The van der Waals surface area contributed by atoms with E-state index in [0.717, 1.165) is 45.3 Å². The number of rotatable bonds is 5. The van der Waals surface area contributed by atoms with Gasteiger partial charge >= 0.3 is 0 Å². The zero-order chi connectivity index (χ0) is 17.6. The fraction of sp³-hybridized carbons (Fsp3) is 0.650. The van der Waals surface area contributed by atoms with Crippen molar-refractivity contribution in [1.82, 2.24) is 14.8 Å². The van der Waals surface area contributed by atoms with Crippen molar-refractivity contribution in [2.24, 2.45) is 11.8 Å². The lowest BCUT2D eigenvalue weighted by molar-refractivity contribution is -0.144. The summed E-state index contributed by atoms with van der Waals surface area (Å²) in [5.74, 6) is 1.10. The van der Waals surface area contributed by atoms with Crippen molar-refractivity contribution in [2.45, 2.75) is 45.4 Å². The number of carbonyl (C=O) groups excluding carboxylic acids is 2. The molecule has 0 unspecified atom stereocenters. The largest absolute Gasteiger partial charge is 0.342 e. The molecule has 2 saturated heterocycles. The molecule has 1 aromatic rings. The molecular weight excluding hydrogens is 314 g/mol. The zero-order valence-electron chi connectivity index (χ0n) is 15.2. The highest BCUT2D eigenvalue weighted by Crippen LogP contribution is 2.25. The predicted octanol–water partition coefficient (Wildman–Crippen LogP) is 2.51. The van der Waals surface area contributed by atoms with E-state index in [1.807, 2.05) is 28.3 Å². The summed E-state index contributed by atoms with van der Waals surface area (Å²) in [6, 6.07) is 4.12. The van der Waals surface area contributed by atoms with Gasteiger partial charge in [0, 0.05) is 45.0 Å². The summed E-state index contributed by atoms with van der Waals surface area (Å²) in [6.07, 6.45) is 9.11. The van der Waals surface area contributed by atoms with Crippen LogP contribution in [0.15, 0.2) is 24.5 Å². The molecule has 3 rings (SSSR count). The maximum absolute atomic E-state index is 12.9. The summed E-state index contributed by atoms with van der Waals surface area (Å²) in [5.41, 5.74) is 1.29. The van der Waals surface area contributed by atoms with Gasteiger partial charge in [-0.05, 0) is 49.7 Å². The minimum atomic E-state index is -0.000812. The van der Waals surface area contributed by atoms with E-state index >= 15 is 0 Å². The molecule has 2 amide bonds. The van der Waals surface area contributed by atoms with Gasteiger partial charge in [-0.3, -0.25) is 14.6 Å². The van der Waals surface area contributed by atoms with Crippen molar-refractivity contribution >= 4 is 11.8 Å². The van der Waals surface area contributed by atoms with E-state index in [0.29, 0.717) is 25.3 Å². The summed E-state index contributed by atoms with van der Waals surface area (Å²) in [7, 11) is 0. The first-order chi connectivity index (χ1) is 12.2. The molecule has 1 atom stereocenters. The molecule has 1 aromatic heterocycles. The zero-order valence-corrected chi connectivity index (χ0v) is 15.2. The monoisotopic (exact) mass is 343 g/mol. The number of aromatic nitrogens is 1. The van der Waals surface area contributed by atoms with E-state index in [1.54, 1.807) is 0 Å². The van der Waals surface area contributed by atoms with Crippen LogP contribution in [0.5, 0.6) is 0 Å². The number of nitrogens with zero attached hydrogens (tertiary/aromatic N) is 3. The van der Waals surface area contributed by atoms with E-state index in [-0.39, 0.29) is 17.7 Å². The van der Waals surface area contributed by atoms with E-state index < -0.39 is 0 Å². The Balaban J connectivity index is 1.49. The molecule has 5 nitrogen and oxygen atoms in total. The van der Waals surface area contributed by atoms with Gasteiger partial charge in [-0.2, -0.15) is 0 Å². The van der Waals surface area contributed by atoms with Crippen molar-refractivity contribution in [1.29, 1.82) is 0 Å². The van der Waals surface area contributed by atoms with Crippen LogP contribution in [0.2, 0.25) is 0 Å². The lowest BCUT2D eigenvalue weighted by Gasteiger charge is -2.37. The Hall–Kier alpha value is -1.91. The van der Waals surface area contributed by atoms with Crippen LogP contribution < -0.4 is 0 Å². The predicted molar refractivity (Wildman–Crippen MR) is 96.8 cm³/mol. The van der Waals surface area contributed by atoms with Crippen molar-refractivity contribution in [2.75, 3.05) is 26.2 Å². The second kappa shape index (κ2) is 8.45. The third-order valence-electron chi connectivity index (χ3n) is 5.52. The molecule has 3 heterocycles. The molecule has 2 aliphatic heterocycles. The number of likely N-dealkylation sites (tertiary alicyclic amines) is 2. The van der Waals surface area contributed by atoms with Crippen LogP contribution in [-0.4, -0.2) is 52.8 Å². The molecule has 0 saturated carbocycles. The fourth-order valence-electron chi connectivity index (χ4n) is 4.07. The SMILES string of the molecule is CCCN1C[C@H](C(=O)N2CCC(Cc3cccnc3)CC2)CCC1=O. The van der Waals surface area contributed by atoms with Crippen LogP contribution in [0, 0.1) is 11.8 Å². The number of hydrogen-bond acceptors (Lipinski definition) is 3. The molecule has 0 spiro atoms. The number of hydrogen-bond donors (Lipinski definition) is 0. The first-order valence-electron chi connectivity index (χ1n) is 9.62. The lowest BCUT2D eigenvalue weighted by Crippen LogP contribution is -2.49. The highest BCUT2D eigenvalue weighted by molar-refractivity contribution is 5.84. The maximum Gasteiger partial charge on any atom is 0.227 e. The average molecular weight is 343 g/mol. The second-order valence-corrected chi connectivity index (χ2v) is 7.41. The number of pyridine rings is 1. The molecule has 0 aromatic carbocycles. The number of piperidine rings is 2. The summed E-state index contributed by atoms with van der Waals surface area (Å²) >= 11 is 0. The van der Waals surface area contributed by atoms with Crippen molar-refractivity contribution in [3.63, 3.8) is 0 Å². The summed E-state index contributed by atoms with van der Waals surface area (Å²) in [6.45, 7) is 5.16. The first kappa shape index (κ1) is 17.9. The number of carbonyl (C=O) groups is 2. The summed E-state index contributed by atoms with van der Waals surface area (Å²) in [4.78, 5) is 32.9. The quantitative estimate of drug-likeness (QED) is 0.825. The Morgan fingerprint density at radius 3 is 2.76 bits per heavy atom. The highest BCUT2D eigenvalue weighted by atomic mass is 16.2. The van der Waals surface area contributed by atoms with Gasteiger partial charge in [0.25, 0.3) is 0 Å². The van der Waals surface area contributed by atoms with Gasteiger partial charge in [0.1, 0.15) is 0 Å². The third kappa shape index (κ3) is 4.59. The van der Waals surface area contributed by atoms with Gasteiger partial charge in [0.15, 0.2) is 0 Å². The van der Waals surface area contributed by atoms with Crippen LogP contribution in [0.4, 0.5) is 0 Å². The van der Waals surface area contributed by atoms with Gasteiger partial charge in [-0.15, -0.1) is 0 Å². The van der Waals surface area contributed by atoms with Gasteiger partial charge in [-0.25, -0.2) is 0 Å². The Morgan fingerprint density at radius 2 is 2.08 bits per heavy atom. The van der Waals surface area contributed by atoms with E-state index in [4.69, 9.17) is 0 Å². The van der Waals surface area contributed by atoms with Gasteiger partial charge in [0.05, 0.1) is 5.92 Å². The molecule has 0 bridgehead atoms. The van der Waals surface area contributed by atoms with E-state index in [1.165, 1.54) is 5.56 Å². The maximum atomic E-state index is 12.9. The Bertz CT molecular complexity index is 582. The van der Waals surface area contributed by atoms with Crippen molar-refractivity contribution < 1.29 is 9.59 Å². The van der Waals surface area contributed by atoms with E-state index in [9.17, 15) is 9.59 Å². The minimum absolute atomic E-state index is 0.000812. The molecule has 0 radical (unpaired) electrons. The molecule has 2 fully saturated rings. The standard InChI is InChI=1S/C20H29N3O2/c1-2-10-23-15-18(5-6-19(23)24)20(25)22-11-7-16(8-12-22)13-17-4-3-9-21-14-17/h3-4,9,14,16,18H,2,5-8,10-13,15H2,1H3/t18-/m1/s1. The normalized spacial score (nSPS) is 22.3. The Morgan fingerprint density at radius 1 is 1.28 bits per heavy atom. The number of amides is 2. The molecule has 0 N–H and O–H groups in total. The smallest absolute Gasteiger partial charge is 0.227 e. The fourth-order valence-corrected chi connectivity index (χ4v) is 4.07. The van der Waals surface area contributed by atoms with Gasteiger partial charge in [0.2, 0.25) is 11.8 Å². The molecule has 136 valence electrons. The highest BCUT2D eigenvalue weighted by Gasteiger charge is 2.33. The first-order valence-corrected chi connectivity index (χ1v) is 9.62. The molecule has 2 aliphatic rings. The van der Waals surface area contributed by atoms with E-state index in [2.05, 4.69) is 18.0 Å². The summed E-state index contributed by atoms with van der Waals surface area (Å²) in [5, 5.41) is 0. The molecule has 0 aliphatic carbocycles. The third-order valence-corrected chi connectivity index (χ3v) is 5.52. The van der Waals surface area contributed by atoms with Gasteiger partial charge < -0.3 is 9.80 Å². The molecule has 5 heteroatoms. The van der Waals surface area contributed by atoms with Crippen LogP contribution in [0.25, 0.3) is 0 Å². The van der Waals surface area contributed by atoms with Crippen LogP contribution >= 0.6 is 0 Å². The van der Waals surface area contributed by atoms with Crippen molar-refractivity contribution in [3.05, 3.63) is 30.1 Å². The Kier molecular flexibility index (Phi) is 6.05.